The van der Waals surface area contributed by atoms with Crippen LogP contribution in [0.3, 0.4) is 0 Å². The average Bonchev–Trinajstić information content (AvgIpc) is 2.93. The zero-order valence-electron chi connectivity index (χ0n) is 20.1. The number of hydrazone groups is 1. The van der Waals surface area contributed by atoms with Crippen LogP contribution >= 0.6 is 15.9 Å². The van der Waals surface area contributed by atoms with Crippen LogP contribution in [0.25, 0.3) is 11.3 Å². The molecule has 0 saturated heterocycles. The van der Waals surface area contributed by atoms with E-state index in [-0.39, 0.29) is 29.7 Å². The molecule has 4 aromatic rings. The van der Waals surface area contributed by atoms with E-state index in [4.69, 9.17) is 9.47 Å². The zero-order valence-corrected chi connectivity index (χ0v) is 21.7. The Morgan fingerprint density at radius 3 is 2.55 bits per heavy atom. The average molecular weight is 573 g/mol. The number of halogens is 1. The molecule has 0 aliphatic carbocycles. The Labute approximate surface area is 226 Å². The number of anilines is 2. The highest BCUT2D eigenvalue weighted by molar-refractivity contribution is 9.10. The number of carbonyl (C=O) groups is 1. The Kier molecular flexibility index (Phi) is 8.48. The summed E-state index contributed by atoms with van der Waals surface area (Å²) in [5.74, 6) is 0.481. The fourth-order valence-electron chi connectivity index (χ4n) is 3.41. The molecule has 0 unspecified atom stereocenters. The maximum absolute atomic E-state index is 12.4. The molecule has 4 rings (SSSR count). The summed E-state index contributed by atoms with van der Waals surface area (Å²) in [5.41, 5.74) is 4.18. The minimum atomic E-state index is -0.582. The number of benzene rings is 3. The summed E-state index contributed by atoms with van der Waals surface area (Å²) in [4.78, 5) is 31.5. The molecule has 0 fully saturated rings. The number of methoxy groups -OCH3 is 1. The lowest BCUT2D eigenvalue weighted by molar-refractivity contribution is -0.118. The number of hydrogen-bond acceptors (Lipinski definition) is 8. The monoisotopic (exact) mass is 572 g/mol. The molecule has 0 bridgehead atoms. The minimum absolute atomic E-state index is 0.0690. The molecular weight excluding hydrogens is 552 g/mol. The van der Waals surface area contributed by atoms with Crippen LogP contribution in [0.15, 0.2) is 87.2 Å². The normalized spacial score (nSPS) is 10.6. The first-order valence-corrected chi connectivity index (χ1v) is 12.0. The van der Waals surface area contributed by atoms with Gasteiger partial charge < -0.3 is 14.8 Å². The van der Waals surface area contributed by atoms with Gasteiger partial charge in [-0.3, -0.25) is 14.6 Å². The highest BCUT2D eigenvalue weighted by Crippen LogP contribution is 2.36. The molecule has 1 aromatic heterocycles. The van der Waals surface area contributed by atoms with Gasteiger partial charge in [0.2, 0.25) is 5.95 Å². The van der Waals surface area contributed by atoms with E-state index in [9.17, 15) is 14.9 Å². The maximum Gasteiger partial charge on any atom is 0.270 e. The number of para-hydroxylation sites is 1. The molecule has 1 amide bonds. The number of aromatic amines is 1. The Hall–Kier alpha value is -4.95. The van der Waals surface area contributed by atoms with Gasteiger partial charge in [0.15, 0.2) is 18.1 Å². The van der Waals surface area contributed by atoms with E-state index in [1.54, 1.807) is 48.5 Å². The zero-order chi connectivity index (χ0) is 26.9. The number of carbonyl (C=O) groups excluding carboxylic acids is 1. The first-order valence-electron chi connectivity index (χ1n) is 11.2. The lowest BCUT2D eigenvalue weighted by Gasteiger charge is -2.13. The van der Waals surface area contributed by atoms with Gasteiger partial charge in [0.1, 0.15) is 11.6 Å². The van der Waals surface area contributed by atoms with Crippen LogP contribution in [-0.4, -0.2) is 35.8 Å². The van der Waals surface area contributed by atoms with Gasteiger partial charge >= 0.3 is 0 Å². The summed E-state index contributed by atoms with van der Waals surface area (Å²) >= 11 is 3.44. The molecule has 0 saturated carbocycles. The smallest absolute Gasteiger partial charge is 0.270 e. The van der Waals surface area contributed by atoms with Crippen molar-refractivity contribution in [2.24, 2.45) is 5.10 Å². The third kappa shape index (κ3) is 6.43. The van der Waals surface area contributed by atoms with Crippen molar-refractivity contribution in [1.82, 2.24) is 9.97 Å². The number of aromatic nitrogens is 2. The molecule has 38 heavy (non-hydrogen) atoms. The Morgan fingerprint density at radius 2 is 1.87 bits per heavy atom. The lowest BCUT2D eigenvalue weighted by atomic mass is 10.1. The summed E-state index contributed by atoms with van der Waals surface area (Å²) in [6.45, 7) is -0.222. The molecule has 11 heteroatoms. The number of nitrogens with zero attached hydrogens (tertiary/aromatic N) is 3. The molecular formula is C27H21BrN6O4. The Morgan fingerprint density at radius 1 is 1.16 bits per heavy atom. The molecule has 190 valence electrons. The predicted molar refractivity (Wildman–Crippen MR) is 147 cm³/mol. The van der Waals surface area contributed by atoms with E-state index in [1.165, 1.54) is 13.3 Å². The molecule has 3 aromatic carbocycles. The van der Waals surface area contributed by atoms with Crippen molar-refractivity contribution in [3.8, 4) is 28.8 Å². The number of amides is 1. The number of rotatable bonds is 9. The summed E-state index contributed by atoms with van der Waals surface area (Å²) in [6, 6.07) is 23.3. The second-order valence-electron chi connectivity index (χ2n) is 7.72. The van der Waals surface area contributed by atoms with Crippen molar-refractivity contribution in [3.05, 3.63) is 98.7 Å². The number of nitriles is 1. The van der Waals surface area contributed by atoms with Crippen molar-refractivity contribution in [3.63, 3.8) is 0 Å². The van der Waals surface area contributed by atoms with Gasteiger partial charge in [0.25, 0.3) is 11.5 Å². The highest BCUT2D eigenvalue weighted by Gasteiger charge is 2.15. The van der Waals surface area contributed by atoms with Crippen LogP contribution in [0, 0.1) is 11.3 Å². The number of hydrogen-bond donors (Lipinski definition) is 3. The van der Waals surface area contributed by atoms with Gasteiger partial charge in [0, 0.05) is 11.3 Å². The van der Waals surface area contributed by atoms with Crippen LogP contribution in [0.1, 0.15) is 11.1 Å². The molecule has 0 aliphatic heterocycles. The topological polar surface area (TPSA) is 141 Å². The Bertz CT molecular complexity index is 1570. The number of H-pyrrole nitrogens is 1. The summed E-state index contributed by atoms with van der Waals surface area (Å²) in [6.07, 6.45) is 1.49. The largest absolute Gasteiger partial charge is 0.493 e. The van der Waals surface area contributed by atoms with E-state index < -0.39 is 5.56 Å². The van der Waals surface area contributed by atoms with Crippen LogP contribution in [0.4, 0.5) is 11.6 Å². The Balaban J connectivity index is 1.47. The molecule has 0 atom stereocenters. The second kappa shape index (κ2) is 12.3. The standard InChI is InChI=1S/C27H21BrN6O4/c1-37-22-13-17(12-21(28)25(22)38-16-23(35)31-19-10-6-3-7-11-19)15-30-34-27-32-24(18-8-4-2-5-9-18)20(14-29)26(36)33-27/h2-13,15H,16H2,1H3,(H,31,35)(H2,32,33,34,36). The van der Waals surface area contributed by atoms with Crippen LogP contribution < -0.4 is 25.8 Å². The molecule has 1 heterocycles. The van der Waals surface area contributed by atoms with E-state index >= 15 is 0 Å². The summed E-state index contributed by atoms with van der Waals surface area (Å²) in [7, 11) is 1.48. The molecule has 10 nitrogen and oxygen atoms in total. The van der Waals surface area contributed by atoms with Crippen molar-refractivity contribution in [2.45, 2.75) is 0 Å². The maximum atomic E-state index is 12.4. The van der Waals surface area contributed by atoms with Gasteiger partial charge in [-0.25, -0.2) is 10.4 Å². The van der Waals surface area contributed by atoms with Crippen LogP contribution in [0.5, 0.6) is 11.5 Å². The first kappa shape index (κ1) is 26.1. The minimum Gasteiger partial charge on any atom is -0.493 e. The van der Waals surface area contributed by atoms with Crippen molar-refractivity contribution >= 4 is 39.7 Å². The van der Waals surface area contributed by atoms with Crippen LogP contribution in [-0.2, 0) is 4.79 Å². The number of nitrogens with one attached hydrogen (secondary N) is 3. The third-order valence-electron chi connectivity index (χ3n) is 5.12. The quantitative estimate of drug-likeness (QED) is 0.197. The molecule has 3 N–H and O–H groups in total. The molecule has 0 radical (unpaired) electrons. The van der Waals surface area contributed by atoms with Crippen molar-refractivity contribution in [1.29, 1.82) is 5.26 Å². The van der Waals surface area contributed by atoms with E-state index in [0.29, 0.717) is 32.8 Å². The van der Waals surface area contributed by atoms with E-state index in [2.05, 4.69) is 41.7 Å². The molecule has 0 aliphatic rings. The predicted octanol–water partition coefficient (Wildman–Crippen LogP) is 4.54. The number of ether oxygens (including phenoxy) is 2. The van der Waals surface area contributed by atoms with Crippen molar-refractivity contribution < 1.29 is 14.3 Å². The summed E-state index contributed by atoms with van der Waals surface area (Å²) < 4.78 is 11.7. The highest BCUT2D eigenvalue weighted by atomic mass is 79.9. The summed E-state index contributed by atoms with van der Waals surface area (Å²) in [5, 5.41) is 16.3. The first-order chi connectivity index (χ1) is 18.5. The van der Waals surface area contributed by atoms with Crippen LogP contribution in [0.2, 0.25) is 0 Å². The fourth-order valence-corrected chi connectivity index (χ4v) is 3.99. The van der Waals surface area contributed by atoms with Gasteiger partial charge in [-0.1, -0.05) is 48.5 Å². The van der Waals surface area contributed by atoms with Gasteiger partial charge in [0.05, 0.1) is 23.5 Å². The van der Waals surface area contributed by atoms with Gasteiger partial charge in [-0.05, 0) is 45.8 Å². The fraction of sp³-hybridized carbons (Fsp3) is 0.0741. The van der Waals surface area contributed by atoms with E-state index in [0.717, 1.165) is 0 Å². The second-order valence-corrected chi connectivity index (χ2v) is 8.58. The third-order valence-corrected chi connectivity index (χ3v) is 5.71. The van der Waals surface area contributed by atoms with Gasteiger partial charge in [-0.15, -0.1) is 0 Å². The van der Waals surface area contributed by atoms with Gasteiger partial charge in [-0.2, -0.15) is 10.4 Å². The SMILES string of the molecule is COc1cc(C=NNc2nc(-c3ccccc3)c(C#N)c(=O)[nH]2)cc(Br)c1OCC(=O)Nc1ccccc1. The van der Waals surface area contributed by atoms with E-state index in [1.807, 2.05) is 30.3 Å². The van der Waals surface area contributed by atoms with Crippen molar-refractivity contribution in [2.75, 3.05) is 24.5 Å². The molecule has 0 spiro atoms. The lowest BCUT2D eigenvalue weighted by Crippen LogP contribution is -2.20.